The van der Waals surface area contributed by atoms with Crippen LogP contribution in [0, 0.1) is 0 Å². The van der Waals surface area contributed by atoms with E-state index < -0.39 is 36.0 Å². The second-order valence-corrected chi connectivity index (χ2v) is 7.33. The fourth-order valence-corrected chi connectivity index (χ4v) is 3.94. The molecule has 2 N–H and O–H groups in total. The first kappa shape index (κ1) is 21.2. The van der Waals surface area contributed by atoms with Gasteiger partial charge in [-0.3, -0.25) is 14.5 Å². The number of rotatable bonds is 7. The van der Waals surface area contributed by atoms with Crippen molar-refractivity contribution in [1.29, 1.82) is 0 Å². The van der Waals surface area contributed by atoms with Gasteiger partial charge >= 0.3 is 5.97 Å². The number of amides is 2. The van der Waals surface area contributed by atoms with Crippen molar-refractivity contribution in [3.8, 4) is 0 Å². The lowest BCUT2D eigenvalue weighted by Gasteiger charge is -2.39. The first-order valence-electron chi connectivity index (χ1n) is 10.2. The van der Waals surface area contributed by atoms with Gasteiger partial charge in [0.1, 0.15) is 0 Å². The lowest BCUT2D eigenvalue weighted by molar-refractivity contribution is -0.139. The van der Waals surface area contributed by atoms with Gasteiger partial charge in [-0.25, -0.2) is 4.79 Å². The summed E-state index contributed by atoms with van der Waals surface area (Å²) in [7, 11) is 0. The predicted molar refractivity (Wildman–Crippen MR) is 107 cm³/mol. The van der Waals surface area contributed by atoms with Gasteiger partial charge in [-0.1, -0.05) is 26.0 Å². The third kappa shape index (κ3) is 3.97. The zero-order valence-corrected chi connectivity index (χ0v) is 17.1. The van der Waals surface area contributed by atoms with Crippen molar-refractivity contribution in [2.45, 2.75) is 64.3 Å². The summed E-state index contributed by atoms with van der Waals surface area (Å²) in [5.41, 5.74) is 7.58. The van der Waals surface area contributed by atoms with E-state index in [0.717, 1.165) is 12.8 Å². The topological polar surface area (TPSA) is 98.9 Å². The highest BCUT2D eigenvalue weighted by atomic mass is 16.5. The number of hydrogen-bond donors (Lipinski definition) is 1. The van der Waals surface area contributed by atoms with Crippen LogP contribution in [0.1, 0.15) is 60.7 Å². The fourth-order valence-electron chi connectivity index (χ4n) is 3.94. The molecule has 0 saturated carbocycles. The summed E-state index contributed by atoms with van der Waals surface area (Å²) in [6, 6.07) is 5.37. The van der Waals surface area contributed by atoms with E-state index in [4.69, 9.17) is 15.2 Å². The van der Waals surface area contributed by atoms with Crippen LogP contribution in [0.5, 0.6) is 0 Å². The van der Waals surface area contributed by atoms with Gasteiger partial charge in [0.25, 0.3) is 11.8 Å². The minimum Gasteiger partial charge on any atom is -0.463 e. The maximum absolute atomic E-state index is 13.0. The van der Waals surface area contributed by atoms with Crippen molar-refractivity contribution in [2.75, 3.05) is 6.61 Å². The zero-order chi connectivity index (χ0) is 21.1. The van der Waals surface area contributed by atoms with Crippen molar-refractivity contribution in [1.82, 2.24) is 4.90 Å². The largest absolute Gasteiger partial charge is 0.463 e. The fraction of sp³-hybridized carbons (Fsp3) is 0.500. The molecule has 3 atom stereocenters. The summed E-state index contributed by atoms with van der Waals surface area (Å²) in [4.78, 5) is 39.6. The van der Waals surface area contributed by atoms with Crippen molar-refractivity contribution in [2.24, 2.45) is 5.73 Å². The van der Waals surface area contributed by atoms with Crippen LogP contribution < -0.4 is 5.73 Å². The second-order valence-electron chi connectivity index (χ2n) is 7.33. The van der Waals surface area contributed by atoms with Crippen LogP contribution in [0.4, 0.5) is 0 Å². The Balaban J connectivity index is 1.94. The number of carbonyl (C=O) groups is 3. The molecule has 2 amide bonds. The molecule has 2 aliphatic rings. The second kappa shape index (κ2) is 8.88. The van der Waals surface area contributed by atoms with Gasteiger partial charge in [-0.2, -0.15) is 0 Å². The summed E-state index contributed by atoms with van der Waals surface area (Å²) in [5.74, 6) is -1.26. The van der Waals surface area contributed by atoms with Gasteiger partial charge in [0.15, 0.2) is 0 Å². The molecular weight excluding hydrogens is 372 g/mol. The molecule has 156 valence electrons. The Bertz CT molecular complexity index is 795. The zero-order valence-electron chi connectivity index (χ0n) is 17.1. The van der Waals surface area contributed by atoms with E-state index in [9.17, 15) is 14.4 Å². The highest BCUT2D eigenvalue weighted by Crippen LogP contribution is 2.32. The van der Waals surface area contributed by atoms with E-state index >= 15 is 0 Å². The van der Waals surface area contributed by atoms with E-state index in [2.05, 4.69) is 0 Å². The first-order chi connectivity index (χ1) is 13.9. The number of nitrogens with zero attached hydrogens (tertiary/aromatic N) is 1. The third-order valence-electron chi connectivity index (χ3n) is 5.57. The standard InChI is InChI=1S/C22H28N2O5/c1-4-14(5-2)29-18-12-13(22(27)28-6-3)11-17(19(18)23)24-20(25)15-9-7-8-10-16(15)21(24)26/h7-10,12,14,17-19H,4-6,11,23H2,1-3H3/t17-,18+,19+/m0/s1. The van der Waals surface area contributed by atoms with Crippen molar-refractivity contribution in [3.63, 3.8) is 0 Å². The molecule has 0 bridgehead atoms. The molecule has 0 unspecified atom stereocenters. The van der Waals surface area contributed by atoms with E-state index in [1.165, 1.54) is 4.90 Å². The quantitative estimate of drug-likeness (QED) is 0.558. The van der Waals surface area contributed by atoms with E-state index in [1.807, 2.05) is 13.8 Å². The minimum absolute atomic E-state index is 0.0355. The van der Waals surface area contributed by atoms with Gasteiger partial charge < -0.3 is 15.2 Å². The van der Waals surface area contributed by atoms with Gasteiger partial charge in [0.2, 0.25) is 0 Å². The molecule has 0 radical (unpaired) electrons. The molecule has 0 fully saturated rings. The maximum atomic E-state index is 13.0. The molecule has 0 saturated heterocycles. The van der Waals surface area contributed by atoms with Crippen molar-refractivity contribution in [3.05, 3.63) is 47.0 Å². The minimum atomic E-state index is -0.689. The summed E-state index contributed by atoms with van der Waals surface area (Å²) in [6.07, 6.45) is 2.79. The number of esters is 1. The molecule has 1 aromatic rings. The molecule has 1 aliphatic carbocycles. The van der Waals surface area contributed by atoms with Crippen LogP contribution >= 0.6 is 0 Å². The number of nitrogens with two attached hydrogens (primary N) is 1. The number of imide groups is 1. The summed E-state index contributed by atoms with van der Waals surface area (Å²) >= 11 is 0. The van der Waals surface area contributed by atoms with Crippen LogP contribution in [-0.4, -0.2) is 53.6 Å². The van der Waals surface area contributed by atoms with Crippen LogP contribution in [0.2, 0.25) is 0 Å². The van der Waals surface area contributed by atoms with Crippen LogP contribution in [0.15, 0.2) is 35.9 Å². The average Bonchev–Trinajstić information content (AvgIpc) is 2.98. The predicted octanol–water partition coefficient (Wildman–Crippen LogP) is 2.45. The molecule has 3 rings (SSSR count). The summed E-state index contributed by atoms with van der Waals surface area (Å²) in [5, 5.41) is 0. The van der Waals surface area contributed by atoms with Gasteiger partial charge in [-0.05, 0) is 38.0 Å². The number of ether oxygens (including phenoxy) is 2. The van der Waals surface area contributed by atoms with E-state index in [-0.39, 0.29) is 19.1 Å². The number of fused-ring (bicyclic) bond motifs is 1. The molecule has 1 heterocycles. The first-order valence-corrected chi connectivity index (χ1v) is 10.2. The summed E-state index contributed by atoms with van der Waals surface area (Å²) < 4.78 is 11.3. The number of hydrogen-bond acceptors (Lipinski definition) is 6. The monoisotopic (exact) mass is 400 g/mol. The molecular formula is C22H28N2O5. The Morgan fingerprint density at radius 1 is 1.14 bits per heavy atom. The SMILES string of the molecule is CCOC(=O)C1=C[C@@H](OC(CC)CC)[C@H](N)[C@@H](N2C(=O)c3ccccc3C2=O)C1. The van der Waals surface area contributed by atoms with Crippen molar-refractivity contribution < 1.29 is 23.9 Å². The highest BCUT2D eigenvalue weighted by molar-refractivity contribution is 6.21. The normalized spacial score (nSPS) is 24.0. The van der Waals surface area contributed by atoms with Crippen LogP contribution in [0.3, 0.4) is 0 Å². The number of benzene rings is 1. The molecule has 0 aromatic heterocycles. The Hall–Kier alpha value is -2.51. The highest BCUT2D eigenvalue weighted by Gasteiger charge is 2.46. The molecule has 1 aliphatic heterocycles. The van der Waals surface area contributed by atoms with Gasteiger partial charge in [0.05, 0.1) is 42.0 Å². The lowest BCUT2D eigenvalue weighted by Crippen LogP contribution is -2.58. The Kier molecular flexibility index (Phi) is 6.49. The Labute approximate surface area is 170 Å². The molecule has 7 heteroatoms. The Morgan fingerprint density at radius 3 is 2.24 bits per heavy atom. The van der Waals surface area contributed by atoms with Crippen LogP contribution in [0.25, 0.3) is 0 Å². The molecule has 7 nitrogen and oxygen atoms in total. The van der Waals surface area contributed by atoms with E-state index in [0.29, 0.717) is 16.7 Å². The number of carbonyl (C=O) groups excluding carboxylic acids is 3. The maximum Gasteiger partial charge on any atom is 0.333 e. The average molecular weight is 400 g/mol. The van der Waals surface area contributed by atoms with Crippen LogP contribution in [-0.2, 0) is 14.3 Å². The van der Waals surface area contributed by atoms with Crippen molar-refractivity contribution >= 4 is 17.8 Å². The Morgan fingerprint density at radius 2 is 1.72 bits per heavy atom. The van der Waals surface area contributed by atoms with E-state index in [1.54, 1.807) is 37.3 Å². The third-order valence-corrected chi connectivity index (χ3v) is 5.57. The lowest BCUT2D eigenvalue weighted by atomic mass is 9.87. The summed E-state index contributed by atoms with van der Waals surface area (Å²) in [6.45, 7) is 5.99. The molecule has 29 heavy (non-hydrogen) atoms. The smallest absolute Gasteiger partial charge is 0.333 e. The van der Waals surface area contributed by atoms with Gasteiger partial charge in [-0.15, -0.1) is 0 Å². The molecule has 1 aromatic carbocycles. The molecule has 0 spiro atoms. The van der Waals surface area contributed by atoms with Gasteiger partial charge in [0, 0.05) is 12.0 Å².